The van der Waals surface area contributed by atoms with Crippen molar-refractivity contribution in [2.45, 2.75) is 19.4 Å². The molecule has 0 atom stereocenters. The van der Waals surface area contributed by atoms with Gasteiger partial charge in [-0.05, 0) is 25.1 Å². The van der Waals surface area contributed by atoms with Crippen LogP contribution in [0.15, 0.2) is 36.4 Å². The molecule has 3 aromatic rings. The molecule has 0 unspecified atom stereocenters. The smallest absolute Gasteiger partial charge is 0.134 e. The first-order valence-corrected chi connectivity index (χ1v) is 9.09. The molecule has 1 aliphatic heterocycles. The summed E-state index contributed by atoms with van der Waals surface area (Å²) in [7, 11) is 0. The molecule has 0 aliphatic carbocycles. The number of nitrogens with one attached hydrogen (secondary N) is 1. The number of fused-ring (bicyclic) bond motifs is 1. The zero-order valence-electron chi connectivity index (χ0n) is 14.4. The summed E-state index contributed by atoms with van der Waals surface area (Å²) in [5.74, 6) is -2.74. The first kappa shape index (κ1) is 18.1. The monoisotopic (exact) mass is 391 g/mol. The van der Waals surface area contributed by atoms with Gasteiger partial charge in [-0.3, -0.25) is 4.68 Å². The van der Waals surface area contributed by atoms with Gasteiger partial charge in [0.15, 0.2) is 0 Å². The van der Waals surface area contributed by atoms with Gasteiger partial charge < -0.3 is 5.32 Å². The van der Waals surface area contributed by atoms with Crippen LogP contribution in [0.25, 0.3) is 11.3 Å². The summed E-state index contributed by atoms with van der Waals surface area (Å²) < 4.78 is 43.1. The van der Waals surface area contributed by atoms with Crippen LogP contribution < -0.4 is 5.32 Å². The van der Waals surface area contributed by atoms with Gasteiger partial charge in [0.05, 0.1) is 12.2 Å². The van der Waals surface area contributed by atoms with Crippen molar-refractivity contribution in [3.05, 3.63) is 75.7 Å². The van der Waals surface area contributed by atoms with Crippen molar-refractivity contribution in [3.8, 4) is 11.3 Å². The summed E-state index contributed by atoms with van der Waals surface area (Å²) >= 11 is 5.98. The molecule has 0 fully saturated rings. The molecule has 1 aromatic heterocycles. The molecule has 2 aromatic carbocycles. The van der Waals surface area contributed by atoms with Crippen molar-refractivity contribution in [3.63, 3.8) is 0 Å². The molecule has 0 bridgehead atoms. The van der Waals surface area contributed by atoms with Crippen molar-refractivity contribution in [2.24, 2.45) is 0 Å². The second-order valence-electron chi connectivity index (χ2n) is 6.54. The number of hydrogen-bond donors (Lipinski definition) is 1. The summed E-state index contributed by atoms with van der Waals surface area (Å²) in [4.78, 5) is 0. The highest BCUT2D eigenvalue weighted by molar-refractivity contribution is 6.30. The molecule has 7 heteroatoms. The average Bonchev–Trinajstić information content (AvgIpc) is 2.79. The van der Waals surface area contributed by atoms with Crippen LogP contribution in [0.5, 0.6) is 0 Å². The van der Waals surface area contributed by atoms with E-state index in [1.165, 1.54) is 0 Å². The lowest BCUT2D eigenvalue weighted by Crippen LogP contribution is -2.18. The van der Waals surface area contributed by atoms with Crippen LogP contribution in [0, 0.1) is 17.5 Å². The Balaban J connectivity index is 1.80. The van der Waals surface area contributed by atoms with Crippen molar-refractivity contribution in [1.29, 1.82) is 0 Å². The molecule has 1 aliphatic rings. The van der Waals surface area contributed by atoms with E-state index in [4.69, 9.17) is 11.6 Å². The Bertz CT molecular complexity index is 960. The Kier molecular flexibility index (Phi) is 4.93. The number of hydrogen-bond acceptors (Lipinski definition) is 2. The summed E-state index contributed by atoms with van der Waals surface area (Å²) in [5.41, 5.74) is 3.49. The summed E-state index contributed by atoms with van der Waals surface area (Å²) in [6.07, 6.45) is 1.46. The van der Waals surface area contributed by atoms with E-state index in [9.17, 15) is 13.2 Å². The van der Waals surface area contributed by atoms with Crippen LogP contribution >= 0.6 is 11.6 Å². The lowest BCUT2D eigenvalue weighted by Gasteiger charge is -2.09. The first-order valence-electron chi connectivity index (χ1n) is 8.71. The average molecular weight is 392 g/mol. The highest BCUT2D eigenvalue weighted by Crippen LogP contribution is 2.29. The largest absolute Gasteiger partial charge is 0.316 e. The topological polar surface area (TPSA) is 29.9 Å². The van der Waals surface area contributed by atoms with Gasteiger partial charge in [0.1, 0.15) is 17.5 Å². The molecule has 0 spiro atoms. The second kappa shape index (κ2) is 7.37. The third-order valence-corrected chi connectivity index (χ3v) is 5.04. The lowest BCUT2D eigenvalue weighted by molar-refractivity contribution is 0.504. The molecule has 2 heterocycles. The summed E-state index contributed by atoms with van der Waals surface area (Å²) in [6.45, 7) is 1.47. The second-order valence-corrected chi connectivity index (χ2v) is 6.97. The first-order chi connectivity index (χ1) is 13.0. The number of aromatic nitrogens is 2. The van der Waals surface area contributed by atoms with Crippen LogP contribution in [-0.4, -0.2) is 22.9 Å². The van der Waals surface area contributed by atoms with Gasteiger partial charge >= 0.3 is 0 Å². The van der Waals surface area contributed by atoms with E-state index < -0.39 is 17.5 Å². The predicted octanol–water partition coefficient (Wildman–Crippen LogP) is 4.36. The van der Waals surface area contributed by atoms with Gasteiger partial charge in [0.25, 0.3) is 0 Å². The number of benzene rings is 2. The van der Waals surface area contributed by atoms with Crippen LogP contribution in [-0.2, 0) is 19.4 Å². The minimum atomic E-state index is -0.931. The van der Waals surface area contributed by atoms with Crippen molar-refractivity contribution >= 4 is 11.6 Å². The minimum Gasteiger partial charge on any atom is -0.316 e. The maximum absolute atomic E-state index is 14.1. The number of halogens is 4. The Morgan fingerprint density at radius 2 is 1.67 bits per heavy atom. The standard InChI is InChI=1S/C20H17ClF3N3/c21-13-3-1-12(2-4-13)20-15-5-7-25-8-6-19(15)27(26-20)11-16-17(23)9-14(22)10-18(16)24/h1-4,9-10,25H,5-8,11H2. The fourth-order valence-electron chi connectivity index (χ4n) is 3.47. The van der Waals surface area contributed by atoms with Gasteiger partial charge in [-0.2, -0.15) is 5.10 Å². The van der Waals surface area contributed by atoms with Crippen molar-refractivity contribution in [1.82, 2.24) is 15.1 Å². The van der Waals surface area contributed by atoms with Gasteiger partial charge in [-0.1, -0.05) is 23.7 Å². The third-order valence-electron chi connectivity index (χ3n) is 4.79. The highest BCUT2D eigenvalue weighted by Gasteiger charge is 2.22. The molecular weight excluding hydrogens is 375 g/mol. The molecule has 0 radical (unpaired) electrons. The fraction of sp³-hybridized carbons (Fsp3) is 0.250. The molecular formula is C20H17ClF3N3. The molecule has 4 rings (SSSR count). The van der Waals surface area contributed by atoms with E-state index in [-0.39, 0.29) is 12.1 Å². The predicted molar refractivity (Wildman–Crippen MR) is 98.4 cm³/mol. The van der Waals surface area contributed by atoms with E-state index in [1.807, 2.05) is 12.1 Å². The summed E-state index contributed by atoms with van der Waals surface area (Å²) in [5, 5.41) is 8.61. The van der Waals surface area contributed by atoms with Gasteiger partial charge in [0, 0.05) is 52.5 Å². The molecule has 3 nitrogen and oxygen atoms in total. The molecule has 0 saturated heterocycles. The summed E-state index contributed by atoms with van der Waals surface area (Å²) in [6, 6.07) is 8.73. The molecule has 27 heavy (non-hydrogen) atoms. The van der Waals surface area contributed by atoms with E-state index >= 15 is 0 Å². The molecule has 0 saturated carbocycles. The normalized spacial score (nSPS) is 14.1. The number of rotatable bonds is 3. The van der Waals surface area contributed by atoms with Gasteiger partial charge in [-0.15, -0.1) is 0 Å². The Morgan fingerprint density at radius 1 is 1.00 bits per heavy atom. The van der Waals surface area contributed by atoms with E-state index in [0.717, 1.165) is 42.0 Å². The van der Waals surface area contributed by atoms with Gasteiger partial charge in [0.2, 0.25) is 0 Å². The maximum atomic E-state index is 14.1. The minimum absolute atomic E-state index is 0.0894. The van der Waals surface area contributed by atoms with E-state index in [0.29, 0.717) is 23.6 Å². The Labute approximate surface area is 159 Å². The third kappa shape index (κ3) is 3.59. The van der Waals surface area contributed by atoms with Crippen LogP contribution in [0.1, 0.15) is 16.8 Å². The van der Waals surface area contributed by atoms with Gasteiger partial charge in [-0.25, -0.2) is 13.2 Å². The molecule has 140 valence electrons. The molecule has 1 N–H and O–H groups in total. The fourth-order valence-corrected chi connectivity index (χ4v) is 3.59. The van der Waals surface area contributed by atoms with E-state index in [1.54, 1.807) is 16.8 Å². The zero-order chi connectivity index (χ0) is 19.0. The maximum Gasteiger partial charge on any atom is 0.134 e. The van der Waals surface area contributed by atoms with E-state index in [2.05, 4.69) is 10.4 Å². The lowest BCUT2D eigenvalue weighted by atomic mass is 10.0. The Hall–Kier alpha value is -2.31. The quantitative estimate of drug-likeness (QED) is 0.719. The van der Waals surface area contributed by atoms with Crippen LogP contribution in [0.2, 0.25) is 5.02 Å². The van der Waals surface area contributed by atoms with Crippen LogP contribution in [0.3, 0.4) is 0 Å². The SMILES string of the molecule is Fc1cc(F)c(Cn2nc(-c3ccc(Cl)cc3)c3c2CCNCC3)c(F)c1. The van der Waals surface area contributed by atoms with Crippen molar-refractivity contribution in [2.75, 3.05) is 13.1 Å². The molecule has 0 amide bonds. The Morgan fingerprint density at radius 3 is 2.37 bits per heavy atom. The highest BCUT2D eigenvalue weighted by atomic mass is 35.5. The van der Waals surface area contributed by atoms with Crippen molar-refractivity contribution < 1.29 is 13.2 Å². The van der Waals surface area contributed by atoms with Crippen LogP contribution in [0.4, 0.5) is 13.2 Å². The number of nitrogens with zero attached hydrogens (tertiary/aromatic N) is 2. The zero-order valence-corrected chi connectivity index (χ0v) is 15.2.